The third kappa shape index (κ3) is 2.52. The normalized spacial score (nSPS) is 25.8. The molecule has 1 unspecified atom stereocenters. The number of hydrogen-bond acceptors (Lipinski definition) is 3. The summed E-state index contributed by atoms with van der Waals surface area (Å²) >= 11 is 0. The van der Waals surface area contributed by atoms with Crippen LogP contribution in [0.5, 0.6) is 0 Å². The highest BCUT2D eigenvalue weighted by Crippen LogP contribution is 2.34. The fraction of sp³-hybridized carbons (Fsp3) is 0.818. The molecule has 5 nitrogen and oxygen atoms in total. The fourth-order valence-electron chi connectivity index (χ4n) is 1.99. The van der Waals surface area contributed by atoms with Gasteiger partial charge in [-0.25, -0.2) is 0 Å². The van der Waals surface area contributed by atoms with E-state index >= 15 is 0 Å². The van der Waals surface area contributed by atoms with Crippen LogP contribution in [0.3, 0.4) is 0 Å². The average Bonchev–Trinajstić information content (AvgIpc) is 3.06. The van der Waals surface area contributed by atoms with Crippen molar-refractivity contribution in [3.63, 3.8) is 0 Å². The van der Waals surface area contributed by atoms with Gasteiger partial charge < -0.3 is 15.0 Å². The van der Waals surface area contributed by atoms with Gasteiger partial charge in [0.15, 0.2) is 0 Å². The molecule has 1 aliphatic carbocycles. The zero-order valence-electron chi connectivity index (χ0n) is 9.57. The standard InChI is InChI=1S/C11H18N2O3/c1-2-16-6-5-13-7-9(14)12-10(11(13)15)8-3-4-8/h8,10H,2-7H2,1H3,(H,12,14). The molecule has 16 heavy (non-hydrogen) atoms. The fourth-order valence-corrected chi connectivity index (χ4v) is 1.99. The second kappa shape index (κ2) is 4.82. The van der Waals surface area contributed by atoms with E-state index in [4.69, 9.17) is 4.74 Å². The Balaban J connectivity index is 1.89. The summed E-state index contributed by atoms with van der Waals surface area (Å²) in [7, 11) is 0. The largest absolute Gasteiger partial charge is 0.380 e. The lowest BCUT2D eigenvalue weighted by atomic mass is 10.1. The molecule has 90 valence electrons. The molecule has 0 bridgehead atoms. The van der Waals surface area contributed by atoms with E-state index in [1.165, 1.54) is 0 Å². The molecule has 0 spiro atoms. The van der Waals surface area contributed by atoms with Gasteiger partial charge in [-0.05, 0) is 25.7 Å². The second-order valence-electron chi connectivity index (χ2n) is 4.34. The van der Waals surface area contributed by atoms with Crippen molar-refractivity contribution in [2.75, 3.05) is 26.3 Å². The van der Waals surface area contributed by atoms with Crippen LogP contribution in [-0.4, -0.2) is 49.1 Å². The number of hydrogen-bond donors (Lipinski definition) is 1. The first-order valence-corrected chi connectivity index (χ1v) is 5.88. The predicted molar refractivity (Wildman–Crippen MR) is 57.7 cm³/mol. The first-order valence-electron chi connectivity index (χ1n) is 5.88. The summed E-state index contributed by atoms with van der Waals surface area (Å²) in [5.41, 5.74) is 0. The Morgan fingerprint density at radius 1 is 1.44 bits per heavy atom. The van der Waals surface area contributed by atoms with Crippen LogP contribution in [-0.2, 0) is 14.3 Å². The number of ether oxygens (including phenoxy) is 1. The van der Waals surface area contributed by atoms with E-state index in [1.54, 1.807) is 4.90 Å². The van der Waals surface area contributed by atoms with Crippen molar-refractivity contribution in [1.29, 1.82) is 0 Å². The number of carbonyl (C=O) groups excluding carboxylic acids is 2. The van der Waals surface area contributed by atoms with Gasteiger partial charge in [0.1, 0.15) is 6.04 Å². The minimum atomic E-state index is -0.275. The number of carbonyl (C=O) groups is 2. The lowest BCUT2D eigenvalue weighted by molar-refractivity contribution is -0.145. The van der Waals surface area contributed by atoms with Gasteiger partial charge in [-0.15, -0.1) is 0 Å². The maximum Gasteiger partial charge on any atom is 0.245 e. The molecule has 1 heterocycles. The summed E-state index contributed by atoms with van der Waals surface area (Å²) in [6.07, 6.45) is 2.10. The minimum absolute atomic E-state index is 0.0481. The van der Waals surface area contributed by atoms with Crippen molar-refractivity contribution in [3.8, 4) is 0 Å². The Morgan fingerprint density at radius 2 is 2.19 bits per heavy atom. The van der Waals surface area contributed by atoms with E-state index in [2.05, 4.69) is 5.32 Å². The first kappa shape index (κ1) is 11.4. The van der Waals surface area contributed by atoms with E-state index in [0.717, 1.165) is 12.8 Å². The van der Waals surface area contributed by atoms with E-state index in [1.807, 2.05) is 6.92 Å². The lowest BCUT2D eigenvalue weighted by Gasteiger charge is -2.32. The number of nitrogens with zero attached hydrogens (tertiary/aromatic N) is 1. The van der Waals surface area contributed by atoms with Crippen molar-refractivity contribution in [1.82, 2.24) is 10.2 Å². The number of piperazine rings is 1. The van der Waals surface area contributed by atoms with Gasteiger partial charge >= 0.3 is 0 Å². The molecule has 0 radical (unpaired) electrons. The Labute approximate surface area is 95.1 Å². The maximum absolute atomic E-state index is 12.0. The van der Waals surface area contributed by atoms with E-state index in [0.29, 0.717) is 25.7 Å². The molecule has 1 atom stereocenters. The zero-order chi connectivity index (χ0) is 11.5. The topological polar surface area (TPSA) is 58.6 Å². The van der Waals surface area contributed by atoms with Gasteiger partial charge in [0.2, 0.25) is 11.8 Å². The molecular formula is C11H18N2O3. The molecular weight excluding hydrogens is 208 g/mol. The highest BCUT2D eigenvalue weighted by atomic mass is 16.5. The lowest BCUT2D eigenvalue weighted by Crippen LogP contribution is -2.59. The van der Waals surface area contributed by atoms with Crippen LogP contribution >= 0.6 is 0 Å². The molecule has 1 saturated heterocycles. The maximum atomic E-state index is 12.0. The molecule has 0 aromatic carbocycles. The molecule has 0 aromatic heterocycles. The van der Waals surface area contributed by atoms with E-state index in [-0.39, 0.29) is 24.4 Å². The van der Waals surface area contributed by atoms with Gasteiger partial charge in [0.25, 0.3) is 0 Å². The minimum Gasteiger partial charge on any atom is -0.380 e. The summed E-state index contributed by atoms with van der Waals surface area (Å²) in [6, 6.07) is -0.275. The van der Waals surface area contributed by atoms with Gasteiger partial charge in [-0.3, -0.25) is 9.59 Å². The van der Waals surface area contributed by atoms with Gasteiger partial charge in [0, 0.05) is 13.2 Å². The van der Waals surface area contributed by atoms with Crippen LogP contribution in [0.2, 0.25) is 0 Å². The van der Waals surface area contributed by atoms with E-state index < -0.39 is 0 Å². The molecule has 2 fully saturated rings. The molecule has 5 heteroatoms. The molecule has 1 aliphatic heterocycles. The van der Waals surface area contributed by atoms with Crippen LogP contribution in [0.4, 0.5) is 0 Å². The number of amides is 2. The van der Waals surface area contributed by atoms with Crippen molar-refractivity contribution in [3.05, 3.63) is 0 Å². The summed E-state index contributed by atoms with van der Waals surface area (Å²) in [5.74, 6) is 0.376. The average molecular weight is 226 g/mol. The van der Waals surface area contributed by atoms with Crippen molar-refractivity contribution < 1.29 is 14.3 Å². The SMILES string of the molecule is CCOCCN1CC(=O)NC(C2CC2)C1=O. The van der Waals surface area contributed by atoms with Gasteiger partial charge in [-0.2, -0.15) is 0 Å². The van der Waals surface area contributed by atoms with Crippen LogP contribution < -0.4 is 5.32 Å². The quantitative estimate of drug-likeness (QED) is 0.658. The summed E-state index contributed by atoms with van der Waals surface area (Å²) in [6.45, 7) is 3.75. The third-order valence-electron chi connectivity index (χ3n) is 3.03. The van der Waals surface area contributed by atoms with Gasteiger partial charge in [0.05, 0.1) is 13.2 Å². The highest BCUT2D eigenvalue weighted by Gasteiger charge is 2.42. The summed E-state index contributed by atoms with van der Waals surface area (Å²) in [5, 5.41) is 2.78. The van der Waals surface area contributed by atoms with Crippen LogP contribution in [0, 0.1) is 5.92 Å². The Bertz CT molecular complexity index is 289. The molecule has 2 rings (SSSR count). The summed E-state index contributed by atoms with van der Waals surface area (Å²) in [4.78, 5) is 25.1. The Hall–Kier alpha value is -1.10. The molecule has 2 aliphatic rings. The second-order valence-corrected chi connectivity index (χ2v) is 4.34. The zero-order valence-corrected chi connectivity index (χ0v) is 9.57. The number of nitrogens with one attached hydrogen (secondary N) is 1. The molecule has 0 aromatic rings. The van der Waals surface area contributed by atoms with Crippen molar-refractivity contribution >= 4 is 11.8 Å². The Morgan fingerprint density at radius 3 is 2.81 bits per heavy atom. The smallest absolute Gasteiger partial charge is 0.245 e. The van der Waals surface area contributed by atoms with Crippen molar-refractivity contribution in [2.24, 2.45) is 5.92 Å². The van der Waals surface area contributed by atoms with Crippen LogP contribution in [0.15, 0.2) is 0 Å². The molecule has 2 amide bonds. The molecule has 1 saturated carbocycles. The predicted octanol–water partition coefficient (Wildman–Crippen LogP) is -0.240. The van der Waals surface area contributed by atoms with Gasteiger partial charge in [-0.1, -0.05) is 0 Å². The van der Waals surface area contributed by atoms with Crippen molar-refractivity contribution in [2.45, 2.75) is 25.8 Å². The monoisotopic (exact) mass is 226 g/mol. The Kier molecular flexibility index (Phi) is 3.43. The van der Waals surface area contributed by atoms with Crippen LogP contribution in [0.25, 0.3) is 0 Å². The highest BCUT2D eigenvalue weighted by molar-refractivity contribution is 5.95. The van der Waals surface area contributed by atoms with Crippen LogP contribution in [0.1, 0.15) is 19.8 Å². The number of rotatable bonds is 5. The first-order chi connectivity index (χ1) is 7.72. The summed E-state index contributed by atoms with van der Waals surface area (Å²) < 4.78 is 5.21. The third-order valence-corrected chi connectivity index (χ3v) is 3.03. The molecule has 1 N–H and O–H groups in total. The van der Waals surface area contributed by atoms with E-state index in [9.17, 15) is 9.59 Å².